The maximum atomic E-state index is 5.11. The predicted molar refractivity (Wildman–Crippen MR) is 71.6 cm³/mol. The lowest BCUT2D eigenvalue weighted by Gasteiger charge is -2.10. The molecule has 0 aliphatic carbocycles. The van der Waals surface area contributed by atoms with Gasteiger partial charge in [0.1, 0.15) is 0 Å². The zero-order valence-electron chi connectivity index (χ0n) is 11.3. The molecule has 0 atom stereocenters. The van der Waals surface area contributed by atoms with Gasteiger partial charge in [0.15, 0.2) is 0 Å². The summed E-state index contributed by atoms with van der Waals surface area (Å²) in [4.78, 5) is 0. The third-order valence-electron chi connectivity index (χ3n) is 2.95. The van der Waals surface area contributed by atoms with Crippen LogP contribution in [0.5, 0.6) is 0 Å². The number of aryl methyl sites for hydroxylation is 3. The monoisotopic (exact) mass is 236 g/mol. The minimum atomic E-state index is 0.839. The average molecular weight is 236 g/mol. The molecule has 17 heavy (non-hydrogen) atoms. The third-order valence-corrected chi connectivity index (χ3v) is 2.95. The Labute approximate surface area is 105 Å². The van der Waals surface area contributed by atoms with E-state index in [9.17, 15) is 0 Å². The van der Waals surface area contributed by atoms with Crippen LogP contribution >= 0.6 is 0 Å². The van der Waals surface area contributed by atoms with Gasteiger partial charge in [0.2, 0.25) is 0 Å². The zero-order chi connectivity index (χ0) is 12.5. The van der Waals surface area contributed by atoms with E-state index in [0.29, 0.717) is 0 Å². The third kappa shape index (κ3) is 5.33. The lowest BCUT2D eigenvalue weighted by atomic mass is 9.97. The second-order valence-electron chi connectivity index (χ2n) is 4.46. The molecule has 1 rings (SSSR count). The fourth-order valence-corrected chi connectivity index (χ4v) is 2.05. The molecule has 0 N–H and O–H groups in total. The van der Waals surface area contributed by atoms with Crippen molar-refractivity contribution < 1.29 is 9.47 Å². The smallest absolute Gasteiger partial charge is 0.0465 e. The van der Waals surface area contributed by atoms with Gasteiger partial charge in [0.25, 0.3) is 0 Å². The molecule has 1 aromatic carbocycles. The second kappa shape index (κ2) is 8.26. The zero-order valence-corrected chi connectivity index (χ0v) is 11.3. The van der Waals surface area contributed by atoms with Crippen molar-refractivity contribution in [3.8, 4) is 0 Å². The Hall–Kier alpha value is -0.860. The summed E-state index contributed by atoms with van der Waals surface area (Å²) in [5.41, 5.74) is 4.27. The van der Waals surface area contributed by atoms with E-state index >= 15 is 0 Å². The van der Waals surface area contributed by atoms with Gasteiger partial charge in [-0.2, -0.15) is 0 Å². The molecule has 2 heteroatoms. The molecule has 0 amide bonds. The molecule has 0 saturated carbocycles. The standard InChI is InChI=1S/C15H24O2/c1-13-8-9-14(6-4-10-16-2)15(12-13)7-5-11-17-3/h8-9,12H,4-7,10-11H2,1-3H3. The van der Waals surface area contributed by atoms with E-state index in [1.54, 1.807) is 14.2 Å². The number of methoxy groups -OCH3 is 2. The highest BCUT2D eigenvalue weighted by Gasteiger charge is 2.03. The van der Waals surface area contributed by atoms with Gasteiger partial charge in [-0.1, -0.05) is 23.8 Å². The van der Waals surface area contributed by atoms with Gasteiger partial charge in [0.05, 0.1) is 0 Å². The van der Waals surface area contributed by atoms with Gasteiger partial charge in [-0.15, -0.1) is 0 Å². The summed E-state index contributed by atoms with van der Waals surface area (Å²) in [5, 5.41) is 0. The van der Waals surface area contributed by atoms with E-state index in [1.807, 2.05) is 0 Å². The lowest BCUT2D eigenvalue weighted by molar-refractivity contribution is 0.194. The summed E-state index contributed by atoms with van der Waals surface area (Å²) < 4.78 is 10.2. The Morgan fingerprint density at radius 3 is 2.06 bits per heavy atom. The molecule has 1 aromatic rings. The molecule has 0 radical (unpaired) electrons. The first-order chi connectivity index (χ1) is 8.27. The summed E-state index contributed by atoms with van der Waals surface area (Å²) >= 11 is 0. The molecule has 0 fully saturated rings. The molecule has 0 heterocycles. The van der Waals surface area contributed by atoms with E-state index < -0.39 is 0 Å². The minimum absolute atomic E-state index is 0.839. The van der Waals surface area contributed by atoms with Crippen molar-refractivity contribution >= 4 is 0 Å². The van der Waals surface area contributed by atoms with Crippen molar-refractivity contribution in [3.05, 3.63) is 34.9 Å². The summed E-state index contributed by atoms with van der Waals surface area (Å²) in [6.45, 7) is 3.83. The number of hydrogen-bond acceptors (Lipinski definition) is 2. The van der Waals surface area contributed by atoms with E-state index in [0.717, 1.165) is 38.9 Å². The van der Waals surface area contributed by atoms with E-state index in [2.05, 4.69) is 25.1 Å². The fourth-order valence-electron chi connectivity index (χ4n) is 2.05. The van der Waals surface area contributed by atoms with Crippen LogP contribution in [0.15, 0.2) is 18.2 Å². The van der Waals surface area contributed by atoms with Gasteiger partial charge in [-0.3, -0.25) is 0 Å². The van der Waals surface area contributed by atoms with Crippen LogP contribution in [-0.2, 0) is 22.3 Å². The van der Waals surface area contributed by atoms with Crippen LogP contribution in [0.2, 0.25) is 0 Å². The Bertz CT molecular complexity index is 321. The van der Waals surface area contributed by atoms with Gasteiger partial charge < -0.3 is 9.47 Å². The Morgan fingerprint density at radius 2 is 1.47 bits per heavy atom. The molecule has 0 aliphatic heterocycles. The van der Waals surface area contributed by atoms with E-state index in [4.69, 9.17) is 9.47 Å². The quantitative estimate of drug-likeness (QED) is 0.646. The van der Waals surface area contributed by atoms with Crippen molar-refractivity contribution in [2.75, 3.05) is 27.4 Å². The first-order valence-corrected chi connectivity index (χ1v) is 6.34. The summed E-state index contributed by atoms with van der Waals surface area (Å²) in [6.07, 6.45) is 4.41. The van der Waals surface area contributed by atoms with Gasteiger partial charge in [-0.25, -0.2) is 0 Å². The predicted octanol–water partition coefficient (Wildman–Crippen LogP) is 3.15. The number of hydrogen-bond donors (Lipinski definition) is 0. The first-order valence-electron chi connectivity index (χ1n) is 6.34. The van der Waals surface area contributed by atoms with Crippen molar-refractivity contribution in [2.24, 2.45) is 0 Å². The average Bonchev–Trinajstić information content (AvgIpc) is 2.32. The molecule has 0 unspecified atom stereocenters. The molecule has 96 valence electrons. The van der Waals surface area contributed by atoms with Crippen LogP contribution < -0.4 is 0 Å². The van der Waals surface area contributed by atoms with Crippen LogP contribution in [0, 0.1) is 6.92 Å². The number of ether oxygens (including phenoxy) is 2. The van der Waals surface area contributed by atoms with Crippen LogP contribution in [0.4, 0.5) is 0 Å². The van der Waals surface area contributed by atoms with Crippen molar-refractivity contribution in [1.82, 2.24) is 0 Å². The molecule has 0 spiro atoms. The number of benzene rings is 1. The largest absolute Gasteiger partial charge is 0.385 e. The van der Waals surface area contributed by atoms with Crippen LogP contribution in [0.3, 0.4) is 0 Å². The van der Waals surface area contributed by atoms with Gasteiger partial charge in [-0.05, 0) is 43.7 Å². The topological polar surface area (TPSA) is 18.5 Å². The summed E-state index contributed by atoms with van der Waals surface area (Å²) in [5.74, 6) is 0. The second-order valence-corrected chi connectivity index (χ2v) is 4.46. The van der Waals surface area contributed by atoms with Gasteiger partial charge >= 0.3 is 0 Å². The Morgan fingerprint density at radius 1 is 0.882 bits per heavy atom. The van der Waals surface area contributed by atoms with Crippen LogP contribution in [0.25, 0.3) is 0 Å². The maximum Gasteiger partial charge on any atom is 0.0465 e. The molecular weight excluding hydrogens is 212 g/mol. The molecule has 0 saturated heterocycles. The molecule has 0 bridgehead atoms. The molecule has 0 aromatic heterocycles. The maximum absolute atomic E-state index is 5.11. The van der Waals surface area contributed by atoms with Crippen molar-refractivity contribution in [1.29, 1.82) is 0 Å². The summed E-state index contributed by atoms with van der Waals surface area (Å²) in [7, 11) is 3.52. The van der Waals surface area contributed by atoms with Crippen LogP contribution in [-0.4, -0.2) is 27.4 Å². The SMILES string of the molecule is COCCCc1ccc(C)cc1CCCOC. The molecular formula is C15H24O2. The fraction of sp³-hybridized carbons (Fsp3) is 0.600. The highest BCUT2D eigenvalue weighted by molar-refractivity contribution is 5.31. The Kier molecular flexibility index (Phi) is 6.90. The minimum Gasteiger partial charge on any atom is -0.385 e. The summed E-state index contributed by atoms with van der Waals surface area (Å²) in [6, 6.07) is 6.76. The highest BCUT2D eigenvalue weighted by Crippen LogP contribution is 2.16. The normalized spacial score (nSPS) is 10.8. The molecule has 0 aliphatic rings. The highest BCUT2D eigenvalue weighted by atomic mass is 16.5. The molecule has 2 nitrogen and oxygen atoms in total. The number of rotatable bonds is 8. The van der Waals surface area contributed by atoms with E-state index in [-0.39, 0.29) is 0 Å². The van der Waals surface area contributed by atoms with Crippen molar-refractivity contribution in [2.45, 2.75) is 32.6 Å². The van der Waals surface area contributed by atoms with Crippen molar-refractivity contribution in [3.63, 3.8) is 0 Å². The van der Waals surface area contributed by atoms with E-state index in [1.165, 1.54) is 16.7 Å². The first kappa shape index (κ1) is 14.2. The van der Waals surface area contributed by atoms with Gasteiger partial charge in [0, 0.05) is 27.4 Å². The lowest BCUT2D eigenvalue weighted by Crippen LogP contribution is -2.00. The Balaban J connectivity index is 2.59. The van der Waals surface area contributed by atoms with Crippen LogP contribution in [0.1, 0.15) is 29.5 Å².